The summed E-state index contributed by atoms with van der Waals surface area (Å²) in [6, 6.07) is 11.1. The van der Waals surface area contributed by atoms with E-state index in [1.807, 2.05) is 13.8 Å². The Morgan fingerprint density at radius 2 is 1.75 bits per heavy atom. The molecule has 0 unspecified atom stereocenters. The average molecular weight is 550 g/mol. The van der Waals surface area contributed by atoms with E-state index in [0.29, 0.717) is 23.2 Å². The Hall–Kier alpha value is -4.47. The van der Waals surface area contributed by atoms with Crippen LogP contribution in [0.5, 0.6) is 0 Å². The number of amides is 3. The SMILES string of the molecule is CC.Cc1ccc(Nc2c(C(=O)N(C)C)c(N(C=O)c3cccc(C(=O)NC4CC4)c3)c(C)c(=O)n2C)c(F)c1. The third-order valence-electron chi connectivity index (χ3n) is 6.43. The first-order valence-corrected chi connectivity index (χ1v) is 13.2. The van der Waals surface area contributed by atoms with Crippen LogP contribution in [-0.4, -0.2) is 47.8 Å². The highest BCUT2D eigenvalue weighted by molar-refractivity contribution is 6.09. The summed E-state index contributed by atoms with van der Waals surface area (Å²) in [5.74, 6) is -1.33. The van der Waals surface area contributed by atoms with Gasteiger partial charge in [0.1, 0.15) is 17.2 Å². The minimum absolute atomic E-state index is 0.00508. The van der Waals surface area contributed by atoms with Gasteiger partial charge >= 0.3 is 0 Å². The van der Waals surface area contributed by atoms with Gasteiger partial charge < -0.3 is 15.5 Å². The Bertz CT molecular complexity index is 1490. The van der Waals surface area contributed by atoms with Crippen molar-refractivity contribution in [3.8, 4) is 0 Å². The zero-order valence-electron chi connectivity index (χ0n) is 24.0. The van der Waals surface area contributed by atoms with E-state index in [-0.39, 0.29) is 40.3 Å². The van der Waals surface area contributed by atoms with Crippen LogP contribution in [-0.2, 0) is 11.8 Å². The summed E-state index contributed by atoms with van der Waals surface area (Å²) in [6.45, 7) is 7.26. The number of aryl methyl sites for hydroxylation is 1. The van der Waals surface area contributed by atoms with Crippen LogP contribution in [0.2, 0.25) is 0 Å². The number of pyridine rings is 1. The number of aromatic nitrogens is 1. The van der Waals surface area contributed by atoms with Gasteiger partial charge in [-0.3, -0.25) is 28.6 Å². The molecule has 10 heteroatoms. The van der Waals surface area contributed by atoms with Gasteiger partial charge in [0.25, 0.3) is 17.4 Å². The van der Waals surface area contributed by atoms with E-state index in [1.54, 1.807) is 31.2 Å². The summed E-state index contributed by atoms with van der Waals surface area (Å²) >= 11 is 0. The second kappa shape index (κ2) is 12.6. The van der Waals surface area contributed by atoms with Crippen molar-refractivity contribution < 1.29 is 18.8 Å². The molecule has 2 N–H and O–H groups in total. The number of carbonyl (C=O) groups excluding carboxylic acids is 3. The van der Waals surface area contributed by atoms with Crippen molar-refractivity contribution in [1.29, 1.82) is 0 Å². The molecule has 9 nitrogen and oxygen atoms in total. The van der Waals surface area contributed by atoms with E-state index < -0.39 is 17.3 Å². The lowest BCUT2D eigenvalue weighted by molar-refractivity contribution is -0.106. The maximum absolute atomic E-state index is 14.8. The summed E-state index contributed by atoms with van der Waals surface area (Å²) in [6.07, 6.45) is 2.33. The summed E-state index contributed by atoms with van der Waals surface area (Å²) in [5.41, 5.74) is 1.07. The van der Waals surface area contributed by atoms with Gasteiger partial charge in [-0.25, -0.2) is 4.39 Å². The molecule has 2 aromatic carbocycles. The number of benzene rings is 2. The summed E-state index contributed by atoms with van der Waals surface area (Å²) in [7, 11) is 4.54. The lowest BCUT2D eigenvalue weighted by Crippen LogP contribution is -2.33. The molecule has 1 aromatic heterocycles. The minimum Gasteiger partial charge on any atom is -0.349 e. The van der Waals surface area contributed by atoms with Crippen LogP contribution in [0.1, 0.15) is 58.5 Å². The van der Waals surface area contributed by atoms with Gasteiger partial charge in [-0.05, 0) is 62.6 Å². The predicted octanol–water partition coefficient (Wildman–Crippen LogP) is 4.80. The van der Waals surface area contributed by atoms with Gasteiger partial charge in [-0.2, -0.15) is 0 Å². The Balaban J connectivity index is 0.00000216. The molecule has 1 saturated carbocycles. The number of halogens is 1. The van der Waals surface area contributed by atoms with Crippen molar-refractivity contribution in [2.45, 2.75) is 46.6 Å². The maximum atomic E-state index is 14.8. The first kappa shape index (κ1) is 30.1. The Labute approximate surface area is 233 Å². The highest BCUT2D eigenvalue weighted by Gasteiger charge is 2.30. The van der Waals surface area contributed by atoms with Gasteiger partial charge in [0, 0.05) is 44.0 Å². The first-order chi connectivity index (χ1) is 19.0. The molecule has 0 saturated heterocycles. The number of anilines is 4. The molecule has 0 radical (unpaired) electrons. The van der Waals surface area contributed by atoms with Crippen molar-refractivity contribution >= 4 is 41.1 Å². The zero-order chi connectivity index (χ0) is 29.7. The molecule has 0 bridgehead atoms. The van der Waals surface area contributed by atoms with Gasteiger partial charge in [-0.1, -0.05) is 26.0 Å². The fraction of sp³-hybridized carbons (Fsp3) is 0.333. The standard InChI is InChI=1S/C28H30FN5O4.C2H6/c1-16-9-12-22(21(29)13-16)31-25-23(28(38)32(3)4)24(17(2)27(37)33(25)5)34(15-35)20-8-6-7-18(14-20)26(36)30-19-10-11-19;1-2/h6-9,12-15,19,31H,10-11H2,1-5H3,(H,30,36);1-2H3. The topological polar surface area (TPSA) is 104 Å². The molecule has 212 valence electrons. The van der Waals surface area contributed by atoms with Crippen LogP contribution in [0, 0.1) is 19.7 Å². The summed E-state index contributed by atoms with van der Waals surface area (Å²) < 4.78 is 16.0. The second-order valence-electron chi connectivity index (χ2n) is 9.64. The molecular weight excluding hydrogens is 513 g/mol. The molecular formula is C30H36FN5O4. The number of nitrogens with one attached hydrogen (secondary N) is 2. The smallest absolute Gasteiger partial charge is 0.259 e. The monoisotopic (exact) mass is 549 g/mol. The highest BCUT2D eigenvalue weighted by atomic mass is 19.1. The molecule has 4 rings (SSSR count). The largest absolute Gasteiger partial charge is 0.349 e. The van der Waals surface area contributed by atoms with Gasteiger partial charge in [0.05, 0.1) is 11.4 Å². The molecule has 1 heterocycles. The van der Waals surface area contributed by atoms with Crippen LogP contribution in [0.3, 0.4) is 0 Å². The van der Waals surface area contributed by atoms with Crippen LogP contribution < -0.4 is 21.1 Å². The van der Waals surface area contributed by atoms with Gasteiger partial charge in [-0.15, -0.1) is 0 Å². The quantitative estimate of drug-likeness (QED) is 0.393. The highest BCUT2D eigenvalue weighted by Crippen LogP contribution is 2.36. The molecule has 0 aliphatic heterocycles. The number of hydrogen-bond donors (Lipinski definition) is 2. The van der Waals surface area contributed by atoms with Crippen LogP contribution >= 0.6 is 0 Å². The lowest BCUT2D eigenvalue weighted by Gasteiger charge is -2.27. The van der Waals surface area contributed by atoms with E-state index >= 15 is 0 Å². The Kier molecular flexibility index (Phi) is 9.47. The summed E-state index contributed by atoms with van der Waals surface area (Å²) in [5, 5.41) is 5.81. The van der Waals surface area contributed by atoms with E-state index in [4.69, 9.17) is 0 Å². The number of carbonyl (C=O) groups is 3. The second-order valence-corrected chi connectivity index (χ2v) is 9.64. The Morgan fingerprint density at radius 3 is 2.33 bits per heavy atom. The third-order valence-corrected chi connectivity index (χ3v) is 6.43. The number of rotatable bonds is 8. The van der Waals surface area contributed by atoms with E-state index in [1.165, 1.54) is 55.7 Å². The van der Waals surface area contributed by atoms with Gasteiger partial charge in [0.2, 0.25) is 6.41 Å². The maximum Gasteiger partial charge on any atom is 0.259 e. The average Bonchev–Trinajstić information content (AvgIpc) is 3.76. The molecule has 0 spiro atoms. The van der Waals surface area contributed by atoms with Crippen molar-refractivity contribution in [1.82, 2.24) is 14.8 Å². The molecule has 0 atom stereocenters. The molecule has 1 fully saturated rings. The molecule has 1 aliphatic carbocycles. The first-order valence-electron chi connectivity index (χ1n) is 13.2. The molecule has 40 heavy (non-hydrogen) atoms. The van der Waals surface area contributed by atoms with Crippen molar-refractivity contribution in [3.05, 3.63) is 80.9 Å². The summed E-state index contributed by atoms with van der Waals surface area (Å²) in [4.78, 5) is 54.6. The van der Waals surface area contributed by atoms with Crippen molar-refractivity contribution in [2.75, 3.05) is 24.3 Å². The normalized spacial score (nSPS) is 12.1. The van der Waals surface area contributed by atoms with Crippen LogP contribution in [0.15, 0.2) is 47.3 Å². The van der Waals surface area contributed by atoms with Crippen molar-refractivity contribution in [3.63, 3.8) is 0 Å². The fourth-order valence-electron chi connectivity index (χ4n) is 4.18. The van der Waals surface area contributed by atoms with Gasteiger partial charge in [0.15, 0.2) is 0 Å². The molecule has 3 amide bonds. The number of hydrogen-bond acceptors (Lipinski definition) is 5. The van der Waals surface area contributed by atoms with Crippen LogP contribution in [0.4, 0.5) is 27.3 Å². The minimum atomic E-state index is -0.565. The predicted molar refractivity (Wildman–Crippen MR) is 155 cm³/mol. The lowest BCUT2D eigenvalue weighted by atomic mass is 10.0. The van der Waals surface area contributed by atoms with E-state index in [2.05, 4.69) is 10.6 Å². The third kappa shape index (κ3) is 6.22. The molecule has 1 aliphatic rings. The number of nitrogens with zero attached hydrogens (tertiary/aromatic N) is 3. The fourth-order valence-corrected chi connectivity index (χ4v) is 4.18. The van der Waals surface area contributed by atoms with Crippen LogP contribution in [0.25, 0.3) is 0 Å². The van der Waals surface area contributed by atoms with E-state index in [0.717, 1.165) is 17.7 Å². The Morgan fingerprint density at radius 1 is 1.07 bits per heavy atom. The van der Waals surface area contributed by atoms with Crippen molar-refractivity contribution in [2.24, 2.45) is 7.05 Å². The zero-order valence-corrected chi connectivity index (χ0v) is 24.0. The molecule has 3 aromatic rings. The van der Waals surface area contributed by atoms with E-state index in [9.17, 15) is 23.6 Å².